The molecule has 3 amide bonds. The Balaban J connectivity index is 1.94. The van der Waals surface area contributed by atoms with Crippen molar-refractivity contribution >= 4 is 29.2 Å². The molecule has 2 saturated heterocycles. The first kappa shape index (κ1) is 16.1. The minimum absolute atomic E-state index is 0.0429. The van der Waals surface area contributed by atoms with Gasteiger partial charge in [-0.05, 0) is 18.1 Å². The highest BCUT2D eigenvalue weighted by atomic mass is 16.2. The largest absolute Gasteiger partial charge is 0.369 e. The average molecular weight is 330 g/mol. The number of amides is 3. The zero-order valence-electron chi connectivity index (χ0n) is 13.1. The van der Waals surface area contributed by atoms with Crippen LogP contribution in [0.5, 0.6) is 0 Å². The van der Waals surface area contributed by atoms with E-state index < -0.39 is 17.7 Å². The van der Waals surface area contributed by atoms with Gasteiger partial charge < -0.3 is 10.6 Å². The third-order valence-electron chi connectivity index (χ3n) is 4.44. The quantitative estimate of drug-likeness (QED) is 0.744. The molecule has 0 saturated carbocycles. The van der Waals surface area contributed by atoms with Crippen LogP contribution in [-0.4, -0.2) is 41.6 Å². The van der Waals surface area contributed by atoms with Crippen LogP contribution in [0.1, 0.15) is 47.7 Å². The van der Waals surface area contributed by atoms with Gasteiger partial charge in [0.25, 0.3) is 5.91 Å². The topological polar surface area (TPSA) is 122 Å². The van der Waals surface area contributed by atoms with E-state index in [0.717, 1.165) is 5.69 Å². The summed E-state index contributed by atoms with van der Waals surface area (Å²) in [7, 11) is 0. The van der Waals surface area contributed by atoms with Gasteiger partial charge in [0.1, 0.15) is 11.5 Å². The molecule has 0 spiro atoms. The number of hydrogen-bond donors (Lipinski definition) is 2. The van der Waals surface area contributed by atoms with Crippen LogP contribution in [-0.2, 0) is 14.4 Å². The van der Waals surface area contributed by atoms with E-state index in [-0.39, 0.29) is 23.8 Å². The van der Waals surface area contributed by atoms with Crippen LogP contribution in [0, 0.1) is 0 Å². The number of Topliss-reactive ketones (excluding diaryl/α,β-unsaturated/α-hetero) is 1. The highest BCUT2D eigenvalue weighted by Crippen LogP contribution is 2.30. The van der Waals surface area contributed by atoms with Gasteiger partial charge in [0.05, 0.1) is 17.8 Å². The fourth-order valence-electron chi connectivity index (χ4n) is 3.12. The number of nitrogens with one attached hydrogen (secondary N) is 1. The number of nitrogens with two attached hydrogens (primary N) is 1. The number of imide groups is 1. The highest BCUT2D eigenvalue weighted by Gasteiger charge is 2.32. The lowest BCUT2D eigenvalue weighted by Gasteiger charge is -2.29. The number of carbonyl (C=O) groups is 4. The minimum Gasteiger partial charge on any atom is -0.369 e. The van der Waals surface area contributed by atoms with Crippen LogP contribution in [0.3, 0.4) is 0 Å². The fourth-order valence-corrected chi connectivity index (χ4v) is 3.12. The number of piperidine rings is 2. The molecular weight excluding hydrogens is 312 g/mol. The number of rotatable bonds is 3. The molecule has 0 radical (unpaired) electrons. The standard InChI is InChI=1S/C16H18N4O4/c17-15(23)14-12(11-1-2-13(22)19-16(11)24)7-9(8-18-14)20-5-3-10(21)4-6-20/h7-8,11H,1-6H2,(H2,17,23)(H,19,22,24). The number of hydrogen-bond acceptors (Lipinski definition) is 6. The Morgan fingerprint density at radius 2 is 1.92 bits per heavy atom. The first-order valence-corrected chi connectivity index (χ1v) is 7.86. The van der Waals surface area contributed by atoms with E-state index >= 15 is 0 Å². The van der Waals surface area contributed by atoms with Gasteiger partial charge in [-0.25, -0.2) is 4.98 Å². The minimum atomic E-state index is -0.713. The van der Waals surface area contributed by atoms with E-state index in [4.69, 9.17) is 5.73 Å². The first-order valence-electron chi connectivity index (χ1n) is 7.86. The molecule has 2 aliphatic heterocycles. The SMILES string of the molecule is NC(=O)c1ncc(N2CCC(=O)CC2)cc1C1CCC(=O)NC1=O. The molecule has 8 heteroatoms. The molecule has 1 unspecified atom stereocenters. The van der Waals surface area contributed by atoms with E-state index in [1.54, 1.807) is 6.07 Å². The van der Waals surface area contributed by atoms with E-state index in [9.17, 15) is 19.2 Å². The third-order valence-corrected chi connectivity index (χ3v) is 4.44. The van der Waals surface area contributed by atoms with Crippen LogP contribution >= 0.6 is 0 Å². The molecule has 1 aromatic rings. The van der Waals surface area contributed by atoms with Crippen LogP contribution < -0.4 is 16.0 Å². The zero-order valence-corrected chi connectivity index (χ0v) is 13.1. The number of ketones is 1. The van der Waals surface area contributed by atoms with Gasteiger partial charge in [0, 0.05) is 32.4 Å². The summed E-state index contributed by atoms with van der Waals surface area (Å²) in [5.41, 5.74) is 6.60. The molecule has 3 rings (SSSR count). The monoisotopic (exact) mass is 330 g/mol. The summed E-state index contributed by atoms with van der Waals surface area (Å²) in [5.74, 6) is -1.89. The Hall–Kier alpha value is -2.77. The molecule has 1 atom stereocenters. The van der Waals surface area contributed by atoms with Crippen molar-refractivity contribution in [2.75, 3.05) is 18.0 Å². The van der Waals surface area contributed by atoms with Crippen LogP contribution in [0.4, 0.5) is 5.69 Å². The molecule has 24 heavy (non-hydrogen) atoms. The van der Waals surface area contributed by atoms with Gasteiger partial charge in [-0.3, -0.25) is 24.5 Å². The third kappa shape index (κ3) is 3.12. The summed E-state index contributed by atoms with van der Waals surface area (Å²) < 4.78 is 0. The van der Waals surface area contributed by atoms with Gasteiger partial charge in [0.15, 0.2) is 0 Å². The summed E-state index contributed by atoms with van der Waals surface area (Å²) in [5, 5.41) is 2.28. The van der Waals surface area contributed by atoms with Crippen molar-refractivity contribution in [1.29, 1.82) is 0 Å². The van der Waals surface area contributed by atoms with Crippen LogP contribution in [0.15, 0.2) is 12.3 Å². The number of pyridine rings is 1. The van der Waals surface area contributed by atoms with Crippen molar-refractivity contribution in [3.8, 4) is 0 Å². The first-order chi connectivity index (χ1) is 11.5. The number of nitrogens with zero attached hydrogens (tertiary/aromatic N) is 2. The van der Waals surface area contributed by atoms with Crippen molar-refractivity contribution in [3.63, 3.8) is 0 Å². The predicted octanol–water partition coefficient (Wildman–Crippen LogP) is -0.130. The van der Waals surface area contributed by atoms with Gasteiger partial charge in [-0.1, -0.05) is 0 Å². The molecular formula is C16H18N4O4. The molecule has 126 valence electrons. The lowest BCUT2D eigenvalue weighted by atomic mass is 9.89. The summed E-state index contributed by atoms with van der Waals surface area (Å²) in [6.07, 6.45) is 2.98. The molecule has 1 aromatic heterocycles. The van der Waals surface area contributed by atoms with Gasteiger partial charge in [-0.2, -0.15) is 0 Å². The lowest BCUT2D eigenvalue weighted by molar-refractivity contribution is -0.134. The average Bonchev–Trinajstić information content (AvgIpc) is 2.55. The number of aromatic nitrogens is 1. The second-order valence-corrected chi connectivity index (χ2v) is 6.03. The molecule has 0 bridgehead atoms. The van der Waals surface area contributed by atoms with Crippen LogP contribution in [0.25, 0.3) is 0 Å². The number of primary amides is 1. The normalized spacial score (nSPS) is 21.6. The molecule has 2 aliphatic rings. The van der Waals surface area contributed by atoms with Gasteiger partial charge >= 0.3 is 0 Å². The van der Waals surface area contributed by atoms with Crippen molar-refractivity contribution in [3.05, 3.63) is 23.5 Å². The molecule has 3 heterocycles. The van der Waals surface area contributed by atoms with Gasteiger partial charge in [0.2, 0.25) is 11.8 Å². The predicted molar refractivity (Wildman–Crippen MR) is 84.3 cm³/mol. The number of anilines is 1. The fraction of sp³-hybridized carbons (Fsp3) is 0.438. The molecule has 0 aliphatic carbocycles. The lowest BCUT2D eigenvalue weighted by Crippen LogP contribution is -2.40. The van der Waals surface area contributed by atoms with Gasteiger partial charge in [-0.15, -0.1) is 0 Å². The second kappa shape index (κ2) is 6.38. The summed E-state index contributed by atoms with van der Waals surface area (Å²) in [6.45, 7) is 1.15. The van der Waals surface area contributed by atoms with Crippen molar-refractivity contribution in [1.82, 2.24) is 10.3 Å². The van der Waals surface area contributed by atoms with Crippen molar-refractivity contribution in [2.45, 2.75) is 31.6 Å². The zero-order chi connectivity index (χ0) is 17.3. The summed E-state index contributed by atoms with van der Waals surface area (Å²) in [4.78, 5) is 52.7. The maximum atomic E-state index is 12.1. The number of carbonyl (C=O) groups excluding carboxylic acids is 4. The molecule has 2 fully saturated rings. The Morgan fingerprint density at radius 3 is 2.54 bits per heavy atom. The van der Waals surface area contributed by atoms with E-state index in [1.807, 2.05) is 4.90 Å². The highest BCUT2D eigenvalue weighted by molar-refractivity contribution is 6.03. The molecule has 0 aromatic carbocycles. The van der Waals surface area contributed by atoms with Crippen molar-refractivity contribution < 1.29 is 19.2 Å². The Labute approximate surface area is 138 Å². The summed E-state index contributed by atoms with van der Waals surface area (Å²) in [6, 6.07) is 1.73. The molecule has 8 nitrogen and oxygen atoms in total. The second-order valence-electron chi connectivity index (χ2n) is 6.03. The maximum absolute atomic E-state index is 12.1. The van der Waals surface area contributed by atoms with E-state index in [2.05, 4.69) is 10.3 Å². The summed E-state index contributed by atoms with van der Waals surface area (Å²) >= 11 is 0. The Morgan fingerprint density at radius 1 is 1.21 bits per heavy atom. The van der Waals surface area contributed by atoms with Crippen LogP contribution in [0.2, 0.25) is 0 Å². The van der Waals surface area contributed by atoms with E-state index in [0.29, 0.717) is 37.9 Å². The molecule has 3 N–H and O–H groups in total. The smallest absolute Gasteiger partial charge is 0.267 e. The Kier molecular flexibility index (Phi) is 4.28. The Bertz CT molecular complexity index is 721. The maximum Gasteiger partial charge on any atom is 0.267 e. The van der Waals surface area contributed by atoms with E-state index in [1.165, 1.54) is 6.20 Å². The van der Waals surface area contributed by atoms with Crippen molar-refractivity contribution in [2.24, 2.45) is 5.73 Å².